The van der Waals surface area contributed by atoms with E-state index in [1.165, 1.54) is 6.39 Å². The highest BCUT2D eigenvalue weighted by molar-refractivity contribution is 5.71. The zero-order valence-corrected chi connectivity index (χ0v) is 16.3. The van der Waals surface area contributed by atoms with Gasteiger partial charge in [0.05, 0.1) is 31.5 Å². The van der Waals surface area contributed by atoms with E-state index in [1.54, 1.807) is 20.4 Å². The van der Waals surface area contributed by atoms with Crippen LogP contribution in [-0.4, -0.2) is 58.4 Å². The smallest absolute Gasteiger partial charge is 0.233 e. The van der Waals surface area contributed by atoms with E-state index in [-0.39, 0.29) is 12.6 Å². The van der Waals surface area contributed by atoms with Crippen molar-refractivity contribution in [2.24, 2.45) is 0 Å². The van der Waals surface area contributed by atoms with E-state index >= 15 is 0 Å². The van der Waals surface area contributed by atoms with Crippen molar-refractivity contribution in [3.63, 3.8) is 0 Å². The first-order valence-corrected chi connectivity index (χ1v) is 9.37. The number of nitrogens with one attached hydrogen (secondary N) is 2. The summed E-state index contributed by atoms with van der Waals surface area (Å²) in [6.07, 6.45) is 4.93. The number of anilines is 4. The average Bonchev–Trinajstić information content (AvgIpc) is 3.45. The number of aliphatic hydroxyl groups excluding tert-OH is 1. The third-order valence-corrected chi connectivity index (χ3v) is 4.85. The summed E-state index contributed by atoms with van der Waals surface area (Å²) in [5, 5.41) is 15.8. The van der Waals surface area contributed by atoms with Gasteiger partial charge in [0.1, 0.15) is 5.75 Å². The number of nitrogens with zero attached hydrogens (tertiary/aromatic N) is 5. The summed E-state index contributed by atoms with van der Waals surface area (Å²) < 4.78 is 10.9. The molecule has 29 heavy (non-hydrogen) atoms. The molecule has 1 aliphatic heterocycles. The van der Waals surface area contributed by atoms with Crippen LogP contribution in [0.3, 0.4) is 0 Å². The van der Waals surface area contributed by atoms with Gasteiger partial charge < -0.3 is 29.8 Å². The summed E-state index contributed by atoms with van der Waals surface area (Å²) in [5.41, 5.74) is 1.55. The molecule has 0 saturated carbocycles. The Morgan fingerprint density at radius 2 is 2.14 bits per heavy atom. The molecule has 0 bridgehead atoms. The Bertz CT molecular complexity index is 964. The van der Waals surface area contributed by atoms with Gasteiger partial charge in [-0.3, -0.25) is 0 Å². The summed E-state index contributed by atoms with van der Waals surface area (Å²) in [5.74, 6) is 2.64. The lowest BCUT2D eigenvalue weighted by Gasteiger charge is -2.23. The molecule has 3 heterocycles. The molecule has 1 aliphatic rings. The summed E-state index contributed by atoms with van der Waals surface area (Å²) in [6.45, 7) is 0.876. The number of hydrogen-bond donors (Lipinski definition) is 3. The Hall–Kier alpha value is -3.40. The van der Waals surface area contributed by atoms with Crippen LogP contribution in [0.5, 0.6) is 5.75 Å². The molecule has 0 spiro atoms. The standard InChI is InChI=1S/C19H23N7O3/c1-20-17-23-18(25-19(24-17)26-7-3-4-13(26)10-27)22-12-5-6-14(15(8-12)28-2)16-9-21-11-29-16/h5-6,8-9,11,13,27H,3-4,7,10H2,1-2H3,(H2,20,22,23,24,25). The Kier molecular flexibility index (Phi) is 5.43. The zero-order valence-electron chi connectivity index (χ0n) is 16.3. The third kappa shape index (κ3) is 3.92. The Balaban J connectivity index is 1.63. The quantitative estimate of drug-likeness (QED) is 0.547. The molecule has 0 amide bonds. The van der Waals surface area contributed by atoms with Gasteiger partial charge in [-0.05, 0) is 25.0 Å². The van der Waals surface area contributed by atoms with Crippen molar-refractivity contribution in [1.29, 1.82) is 0 Å². The van der Waals surface area contributed by atoms with Gasteiger partial charge in [-0.2, -0.15) is 15.0 Å². The summed E-state index contributed by atoms with van der Waals surface area (Å²) in [4.78, 5) is 19.4. The second-order valence-electron chi connectivity index (χ2n) is 6.61. The van der Waals surface area contributed by atoms with Gasteiger partial charge in [0.25, 0.3) is 0 Å². The van der Waals surface area contributed by atoms with Gasteiger partial charge in [-0.1, -0.05) is 0 Å². The molecule has 0 radical (unpaired) electrons. The van der Waals surface area contributed by atoms with Crippen LogP contribution in [0.4, 0.5) is 23.5 Å². The van der Waals surface area contributed by atoms with Crippen molar-refractivity contribution >= 4 is 23.5 Å². The number of oxazole rings is 1. The molecule has 1 atom stereocenters. The lowest BCUT2D eigenvalue weighted by atomic mass is 10.1. The topological polar surface area (TPSA) is 121 Å². The van der Waals surface area contributed by atoms with E-state index in [0.717, 1.165) is 30.6 Å². The van der Waals surface area contributed by atoms with Crippen molar-refractivity contribution in [3.05, 3.63) is 30.8 Å². The second-order valence-corrected chi connectivity index (χ2v) is 6.61. The van der Waals surface area contributed by atoms with Gasteiger partial charge in [0.15, 0.2) is 12.2 Å². The summed E-state index contributed by atoms with van der Waals surface area (Å²) in [7, 11) is 3.35. The Morgan fingerprint density at radius 1 is 1.28 bits per heavy atom. The first-order chi connectivity index (χ1) is 14.2. The molecular weight excluding hydrogens is 374 g/mol. The SMILES string of the molecule is CNc1nc(Nc2ccc(-c3cnco3)c(OC)c2)nc(N2CCCC2CO)n1. The normalized spacial score (nSPS) is 16.1. The van der Waals surface area contributed by atoms with Crippen molar-refractivity contribution in [2.45, 2.75) is 18.9 Å². The summed E-state index contributed by atoms with van der Waals surface area (Å²) >= 11 is 0. The van der Waals surface area contributed by atoms with Crippen LogP contribution in [0.15, 0.2) is 35.2 Å². The van der Waals surface area contributed by atoms with Crippen molar-refractivity contribution in [1.82, 2.24) is 19.9 Å². The van der Waals surface area contributed by atoms with E-state index < -0.39 is 0 Å². The molecule has 152 valence electrons. The molecule has 1 aromatic carbocycles. The number of ether oxygens (including phenoxy) is 1. The maximum Gasteiger partial charge on any atom is 0.233 e. The molecule has 1 fully saturated rings. The molecule has 1 unspecified atom stereocenters. The molecule has 3 aromatic rings. The largest absolute Gasteiger partial charge is 0.496 e. The highest BCUT2D eigenvalue weighted by Gasteiger charge is 2.27. The lowest BCUT2D eigenvalue weighted by molar-refractivity contribution is 0.265. The third-order valence-electron chi connectivity index (χ3n) is 4.85. The van der Waals surface area contributed by atoms with Crippen molar-refractivity contribution in [2.75, 3.05) is 42.8 Å². The maximum absolute atomic E-state index is 9.62. The molecule has 10 nitrogen and oxygen atoms in total. The van der Waals surface area contributed by atoms with E-state index in [1.807, 2.05) is 23.1 Å². The van der Waals surface area contributed by atoms with E-state index in [2.05, 4.69) is 30.6 Å². The highest BCUT2D eigenvalue weighted by atomic mass is 16.5. The molecule has 1 saturated heterocycles. The average molecular weight is 397 g/mol. The predicted molar refractivity (Wildman–Crippen MR) is 109 cm³/mol. The number of benzene rings is 1. The fourth-order valence-electron chi connectivity index (χ4n) is 3.40. The van der Waals surface area contributed by atoms with Gasteiger partial charge in [0.2, 0.25) is 17.8 Å². The molecule has 2 aromatic heterocycles. The van der Waals surface area contributed by atoms with E-state index in [9.17, 15) is 5.11 Å². The van der Waals surface area contributed by atoms with Crippen LogP contribution < -0.4 is 20.3 Å². The van der Waals surface area contributed by atoms with Crippen LogP contribution in [0.1, 0.15) is 12.8 Å². The molecular formula is C19H23N7O3. The maximum atomic E-state index is 9.62. The van der Waals surface area contributed by atoms with Crippen LogP contribution in [0.25, 0.3) is 11.3 Å². The Morgan fingerprint density at radius 3 is 2.86 bits per heavy atom. The first kappa shape index (κ1) is 18.9. The second kappa shape index (κ2) is 8.31. The number of aromatic nitrogens is 4. The minimum Gasteiger partial charge on any atom is -0.496 e. The lowest BCUT2D eigenvalue weighted by Crippen LogP contribution is -2.33. The number of aliphatic hydroxyl groups is 1. The summed E-state index contributed by atoms with van der Waals surface area (Å²) in [6, 6.07) is 5.63. The molecule has 4 rings (SSSR count). The minimum atomic E-state index is 0.0243. The van der Waals surface area contributed by atoms with Crippen LogP contribution in [-0.2, 0) is 0 Å². The first-order valence-electron chi connectivity index (χ1n) is 9.37. The Labute approximate surface area is 168 Å². The zero-order chi connectivity index (χ0) is 20.2. The number of hydrogen-bond acceptors (Lipinski definition) is 10. The van der Waals surface area contributed by atoms with Crippen molar-refractivity contribution < 1.29 is 14.3 Å². The van der Waals surface area contributed by atoms with Gasteiger partial charge in [-0.15, -0.1) is 0 Å². The number of rotatable bonds is 7. The molecule has 0 aliphatic carbocycles. The highest BCUT2D eigenvalue weighted by Crippen LogP contribution is 2.33. The minimum absolute atomic E-state index is 0.0243. The van der Waals surface area contributed by atoms with Gasteiger partial charge >= 0.3 is 0 Å². The van der Waals surface area contributed by atoms with Crippen LogP contribution in [0.2, 0.25) is 0 Å². The molecule has 3 N–H and O–H groups in total. The van der Waals surface area contributed by atoms with E-state index in [4.69, 9.17) is 9.15 Å². The van der Waals surface area contributed by atoms with Crippen molar-refractivity contribution in [3.8, 4) is 17.1 Å². The predicted octanol–water partition coefficient (Wildman–Crippen LogP) is 2.28. The molecule has 10 heteroatoms. The van der Waals surface area contributed by atoms with E-state index in [0.29, 0.717) is 29.4 Å². The van der Waals surface area contributed by atoms with Gasteiger partial charge in [0, 0.05) is 25.3 Å². The monoisotopic (exact) mass is 397 g/mol. The van der Waals surface area contributed by atoms with Crippen LogP contribution >= 0.6 is 0 Å². The van der Waals surface area contributed by atoms with Crippen LogP contribution in [0, 0.1) is 0 Å². The fraction of sp³-hybridized carbons (Fsp3) is 0.368. The van der Waals surface area contributed by atoms with Gasteiger partial charge in [-0.25, -0.2) is 4.98 Å². The fourth-order valence-corrected chi connectivity index (χ4v) is 3.40. The number of methoxy groups -OCH3 is 1.